The fourth-order valence-electron chi connectivity index (χ4n) is 1.97. The second-order valence-electron chi connectivity index (χ2n) is 4.47. The molecule has 0 bridgehead atoms. The van der Waals surface area contributed by atoms with Gasteiger partial charge in [-0.25, -0.2) is 0 Å². The molecule has 0 aromatic carbocycles. The van der Waals surface area contributed by atoms with Crippen LogP contribution in [0.2, 0.25) is 0 Å². The van der Waals surface area contributed by atoms with E-state index < -0.39 is 0 Å². The Morgan fingerprint density at radius 1 is 1.60 bits per heavy atom. The molecule has 0 aliphatic heterocycles. The third-order valence-corrected chi connectivity index (χ3v) is 2.98. The highest BCUT2D eigenvalue weighted by Gasteiger charge is 2.31. The third-order valence-electron chi connectivity index (χ3n) is 2.98. The Balaban J connectivity index is 2.39. The maximum Gasteiger partial charge on any atom is 0.140 e. The lowest BCUT2D eigenvalue weighted by Gasteiger charge is -2.28. The van der Waals surface area contributed by atoms with E-state index in [1.807, 2.05) is 0 Å². The summed E-state index contributed by atoms with van der Waals surface area (Å²) >= 11 is 0. The zero-order chi connectivity index (χ0) is 11.3. The molecule has 0 saturated heterocycles. The van der Waals surface area contributed by atoms with E-state index >= 15 is 0 Å². The standard InChI is InChI=1S/C11H23N3O/c1-3-4-7-14(10-5-6-10)9(2)8-11(12)13-15/h9-10,15H,3-8H2,1-2H3,(H2,12,13). The van der Waals surface area contributed by atoms with Gasteiger partial charge in [0.15, 0.2) is 0 Å². The first-order valence-corrected chi connectivity index (χ1v) is 5.91. The van der Waals surface area contributed by atoms with Gasteiger partial charge in [-0.2, -0.15) is 0 Å². The minimum absolute atomic E-state index is 0.338. The summed E-state index contributed by atoms with van der Waals surface area (Å²) in [7, 11) is 0. The number of rotatable bonds is 7. The SMILES string of the molecule is CCCCN(C(C)C/C(N)=N/O)C1CC1. The highest BCUT2D eigenvalue weighted by atomic mass is 16.4. The Kier molecular flexibility index (Phi) is 4.88. The molecule has 0 aromatic rings. The number of amidine groups is 1. The van der Waals surface area contributed by atoms with Crippen LogP contribution in [0.25, 0.3) is 0 Å². The van der Waals surface area contributed by atoms with Crippen LogP contribution < -0.4 is 5.73 Å². The molecule has 0 radical (unpaired) electrons. The number of hydrogen-bond acceptors (Lipinski definition) is 3. The van der Waals surface area contributed by atoms with E-state index in [-0.39, 0.29) is 0 Å². The summed E-state index contributed by atoms with van der Waals surface area (Å²) < 4.78 is 0. The summed E-state index contributed by atoms with van der Waals surface area (Å²) in [4.78, 5) is 2.50. The van der Waals surface area contributed by atoms with Crippen molar-refractivity contribution in [2.45, 2.75) is 58.0 Å². The van der Waals surface area contributed by atoms with Crippen molar-refractivity contribution in [1.29, 1.82) is 0 Å². The summed E-state index contributed by atoms with van der Waals surface area (Å²) in [5.41, 5.74) is 5.53. The van der Waals surface area contributed by atoms with E-state index in [0.29, 0.717) is 18.3 Å². The Morgan fingerprint density at radius 3 is 2.73 bits per heavy atom. The molecule has 1 aliphatic rings. The van der Waals surface area contributed by atoms with E-state index in [2.05, 4.69) is 23.9 Å². The molecule has 1 aliphatic carbocycles. The van der Waals surface area contributed by atoms with Gasteiger partial charge in [0, 0.05) is 18.5 Å². The van der Waals surface area contributed by atoms with Crippen LogP contribution in [0, 0.1) is 0 Å². The van der Waals surface area contributed by atoms with Crippen LogP contribution in [-0.4, -0.2) is 34.6 Å². The molecule has 0 heterocycles. The van der Waals surface area contributed by atoms with Gasteiger partial charge in [0.05, 0.1) is 0 Å². The van der Waals surface area contributed by atoms with Crippen LogP contribution in [0.3, 0.4) is 0 Å². The fraction of sp³-hybridized carbons (Fsp3) is 0.909. The molecule has 1 fully saturated rings. The molecular weight excluding hydrogens is 190 g/mol. The normalized spacial score (nSPS) is 19.5. The molecule has 4 nitrogen and oxygen atoms in total. The van der Waals surface area contributed by atoms with Crippen molar-refractivity contribution in [3.63, 3.8) is 0 Å². The largest absolute Gasteiger partial charge is 0.409 e. The second kappa shape index (κ2) is 5.95. The van der Waals surface area contributed by atoms with Gasteiger partial charge in [0.25, 0.3) is 0 Å². The van der Waals surface area contributed by atoms with Gasteiger partial charge in [-0.05, 0) is 32.7 Å². The van der Waals surface area contributed by atoms with Gasteiger partial charge in [0.1, 0.15) is 5.84 Å². The fourth-order valence-corrected chi connectivity index (χ4v) is 1.97. The Hall–Kier alpha value is -0.770. The maximum atomic E-state index is 8.54. The molecule has 0 amide bonds. The summed E-state index contributed by atoms with van der Waals surface area (Å²) in [5.74, 6) is 0.338. The molecule has 3 N–H and O–H groups in total. The highest BCUT2D eigenvalue weighted by molar-refractivity contribution is 5.80. The third kappa shape index (κ3) is 4.08. The number of unbranched alkanes of at least 4 members (excludes halogenated alkanes) is 1. The first kappa shape index (κ1) is 12.3. The van der Waals surface area contributed by atoms with Crippen LogP contribution in [0.15, 0.2) is 5.16 Å². The monoisotopic (exact) mass is 213 g/mol. The predicted octanol–water partition coefficient (Wildman–Crippen LogP) is 1.78. The molecule has 0 aromatic heterocycles. The number of nitrogens with two attached hydrogens (primary N) is 1. The average Bonchev–Trinajstić information content (AvgIpc) is 3.02. The Labute approximate surface area is 92.1 Å². The first-order valence-electron chi connectivity index (χ1n) is 5.91. The van der Waals surface area contributed by atoms with Crippen LogP contribution in [0.1, 0.15) is 46.0 Å². The van der Waals surface area contributed by atoms with Crippen molar-refractivity contribution in [2.75, 3.05) is 6.54 Å². The van der Waals surface area contributed by atoms with Crippen LogP contribution in [-0.2, 0) is 0 Å². The van der Waals surface area contributed by atoms with E-state index in [1.54, 1.807) is 0 Å². The second-order valence-corrected chi connectivity index (χ2v) is 4.47. The van der Waals surface area contributed by atoms with E-state index in [9.17, 15) is 0 Å². The van der Waals surface area contributed by atoms with Gasteiger partial charge >= 0.3 is 0 Å². The van der Waals surface area contributed by atoms with E-state index in [0.717, 1.165) is 12.6 Å². The molecule has 88 valence electrons. The molecular formula is C11H23N3O. The quantitative estimate of drug-likeness (QED) is 0.293. The molecule has 4 heteroatoms. The molecule has 1 unspecified atom stereocenters. The molecule has 1 atom stereocenters. The van der Waals surface area contributed by atoms with Gasteiger partial charge in [-0.1, -0.05) is 18.5 Å². The summed E-state index contributed by atoms with van der Waals surface area (Å²) in [6.07, 6.45) is 5.74. The van der Waals surface area contributed by atoms with Gasteiger partial charge < -0.3 is 10.9 Å². The number of nitrogens with zero attached hydrogens (tertiary/aromatic N) is 2. The lowest BCUT2D eigenvalue weighted by Crippen LogP contribution is -2.38. The van der Waals surface area contributed by atoms with E-state index in [1.165, 1.54) is 25.7 Å². The number of hydrogen-bond donors (Lipinski definition) is 2. The lowest BCUT2D eigenvalue weighted by molar-refractivity contribution is 0.198. The predicted molar refractivity (Wildman–Crippen MR) is 62.1 cm³/mol. The minimum Gasteiger partial charge on any atom is -0.409 e. The lowest BCUT2D eigenvalue weighted by atomic mass is 10.1. The minimum atomic E-state index is 0.338. The maximum absolute atomic E-state index is 8.54. The Bertz CT molecular complexity index is 214. The summed E-state index contributed by atoms with van der Waals surface area (Å²) in [5, 5.41) is 11.6. The zero-order valence-corrected chi connectivity index (χ0v) is 9.82. The van der Waals surface area contributed by atoms with Crippen molar-refractivity contribution >= 4 is 5.84 Å². The van der Waals surface area contributed by atoms with Gasteiger partial charge in [-0.15, -0.1) is 0 Å². The molecule has 0 spiro atoms. The van der Waals surface area contributed by atoms with Crippen LogP contribution >= 0.6 is 0 Å². The average molecular weight is 213 g/mol. The molecule has 1 saturated carbocycles. The number of oxime groups is 1. The zero-order valence-electron chi connectivity index (χ0n) is 9.82. The first-order chi connectivity index (χ1) is 7.19. The van der Waals surface area contributed by atoms with Crippen molar-refractivity contribution in [1.82, 2.24) is 4.90 Å². The summed E-state index contributed by atoms with van der Waals surface area (Å²) in [6, 6.07) is 1.14. The van der Waals surface area contributed by atoms with Crippen molar-refractivity contribution < 1.29 is 5.21 Å². The van der Waals surface area contributed by atoms with Crippen molar-refractivity contribution in [3.8, 4) is 0 Å². The smallest absolute Gasteiger partial charge is 0.140 e. The summed E-state index contributed by atoms with van der Waals surface area (Å²) in [6.45, 7) is 5.51. The van der Waals surface area contributed by atoms with Crippen molar-refractivity contribution in [3.05, 3.63) is 0 Å². The van der Waals surface area contributed by atoms with Gasteiger partial charge in [-0.3, -0.25) is 4.90 Å². The Morgan fingerprint density at radius 2 is 2.27 bits per heavy atom. The molecule has 1 rings (SSSR count). The molecule has 15 heavy (non-hydrogen) atoms. The highest BCUT2D eigenvalue weighted by Crippen LogP contribution is 2.29. The van der Waals surface area contributed by atoms with Crippen LogP contribution in [0.5, 0.6) is 0 Å². The van der Waals surface area contributed by atoms with Gasteiger partial charge in [0.2, 0.25) is 0 Å². The van der Waals surface area contributed by atoms with Crippen molar-refractivity contribution in [2.24, 2.45) is 10.9 Å². The topological polar surface area (TPSA) is 61.8 Å². The van der Waals surface area contributed by atoms with Crippen LogP contribution in [0.4, 0.5) is 0 Å². The van der Waals surface area contributed by atoms with E-state index in [4.69, 9.17) is 10.9 Å².